The van der Waals surface area contributed by atoms with E-state index in [4.69, 9.17) is 21.7 Å². The van der Waals surface area contributed by atoms with Gasteiger partial charge < -0.3 is 19.7 Å². The maximum Gasteiger partial charge on any atom is 0.291 e. The second kappa shape index (κ2) is 11.2. The first-order chi connectivity index (χ1) is 18.5. The van der Waals surface area contributed by atoms with Crippen LogP contribution in [0, 0.1) is 11.8 Å². The molecule has 3 aromatic carbocycles. The molecular weight excluding hydrogens is 498 g/mol. The van der Waals surface area contributed by atoms with E-state index >= 15 is 0 Å². The predicted molar refractivity (Wildman–Crippen MR) is 149 cm³/mol. The van der Waals surface area contributed by atoms with Crippen molar-refractivity contribution in [3.63, 3.8) is 0 Å². The van der Waals surface area contributed by atoms with Crippen molar-refractivity contribution in [1.29, 1.82) is 0 Å². The van der Waals surface area contributed by atoms with Crippen LogP contribution in [0.1, 0.15) is 33.1 Å². The van der Waals surface area contributed by atoms with E-state index in [9.17, 15) is 4.79 Å². The molecule has 4 aromatic rings. The molecule has 2 heterocycles. The van der Waals surface area contributed by atoms with Crippen LogP contribution in [0.15, 0.2) is 72.8 Å². The summed E-state index contributed by atoms with van der Waals surface area (Å²) < 4.78 is 11.2. The molecule has 2 N–H and O–H groups in total. The highest BCUT2D eigenvalue weighted by atomic mass is 32.1. The average molecular weight is 524 g/mol. The first kappa shape index (κ1) is 25.0. The lowest BCUT2D eigenvalue weighted by atomic mass is 10.1. The normalized spacial score (nSPS) is 14.4. The van der Waals surface area contributed by atoms with Gasteiger partial charge in [0, 0.05) is 24.6 Å². The molecule has 0 radical (unpaired) electrons. The van der Waals surface area contributed by atoms with Gasteiger partial charge in [-0.05, 0) is 48.0 Å². The van der Waals surface area contributed by atoms with E-state index in [1.54, 1.807) is 7.11 Å². The smallest absolute Gasteiger partial charge is 0.291 e. The highest BCUT2D eigenvalue weighted by Gasteiger charge is 2.29. The largest absolute Gasteiger partial charge is 0.497 e. The van der Waals surface area contributed by atoms with E-state index in [0.717, 1.165) is 28.1 Å². The van der Waals surface area contributed by atoms with Crippen molar-refractivity contribution in [2.24, 2.45) is 0 Å². The fraction of sp³-hybridized carbons (Fsp3) is 0.172. The molecule has 0 aliphatic carbocycles. The van der Waals surface area contributed by atoms with Crippen molar-refractivity contribution in [3.8, 4) is 23.3 Å². The molecule has 190 valence electrons. The number of hydrogen-bond donors (Lipinski definition) is 2. The topological polar surface area (TPSA) is 92.4 Å². The van der Waals surface area contributed by atoms with Gasteiger partial charge in [0.15, 0.2) is 0 Å². The van der Waals surface area contributed by atoms with Gasteiger partial charge in [-0.1, -0.05) is 54.4 Å². The Labute approximate surface area is 226 Å². The molecule has 1 aliphatic heterocycles. The van der Waals surface area contributed by atoms with Gasteiger partial charge in [0.2, 0.25) is 5.82 Å². The minimum Gasteiger partial charge on any atom is -0.497 e. The Morgan fingerprint density at radius 3 is 2.63 bits per heavy atom. The number of anilines is 1. The number of benzene rings is 3. The van der Waals surface area contributed by atoms with E-state index in [0.29, 0.717) is 23.0 Å². The molecule has 9 heteroatoms. The highest BCUT2D eigenvalue weighted by Crippen LogP contribution is 2.32. The number of aromatic amines is 1. The van der Waals surface area contributed by atoms with Crippen molar-refractivity contribution in [2.45, 2.75) is 12.5 Å². The fourth-order valence-electron chi connectivity index (χ4n) is 3.99. The maximum absolute atomic E-state index is 12.9. The second-order valence-corrected chi connectivity index (χ2v) is 9.08. The van der Waals surface area contributed by atoms with Crippen LogP contribution >= 0.6 is 12.2 Å². The average Bonchev–Trinajstić information content (AvgIpc) is 3.39. The van der Waals surface area contributed by atoms with Crippen LogP contribution in [-0.2, 0) is 6.42 Å². The summed E-state index contributed by atoms with van der Waals surface area (Å²) >= 11 is 5.72. The van der Waals surface area contributed by atoms with E-state index < -0.39 is 11.9 Å². The van der Waals surface area contributed by atoms with Crippen molar-refractivity contribution in [2.75, 3.05) is 25.7 Å². The number of methoxy groups -OCH3 is 1. The Bertz CT molecular complexity index is 1520. The van der Waals surface area contributed by atoms with Gasteiger partial charge in [-0.25, -0.2) is 4.98 Å². The van der Waals surface area contributed by atoms with Crippen LogP contribution in [-0.4, -0.2) is 52.9 Å². The maximum atomic E-state index is 12.9. The van der Waals surface area contributed by atoms with Crippen molar-refractivity contribution < 1.29 is 14.3 Å². The van der Waals surface area contributed by atoms with Crippen LogP contribution in [0.25, 0.3) is 0 Å². The lowest BCUT2D eigenvalue weighted by Gasteiger charge is -2.23. The number of carbonyl (C=O) groups is 1. The summed E-state index contributed by atoms with van der Waals surface area (Å²) in [6, 6.07) is 22.6. The molecule has 1 aromatic heterocycles. The molecule has 0 bridgehead atoms. The number of likely N-dealkylation sites (N-methyl/N-ethyl adjacent to an activating group) is 1. The van der Waals surface area contributed by atoms with E-state index in [2.05, 4.69) is 32.3 Å². The number of ether oxygens (including phenoxy) is 2. The van der Waals surface area contributed by atoms with Gasteiger partial charge in [-0.3, -0.25) is 9.89 Å². The third kappa shape index (κ3) is 5.66. The molecular formula is C29H25N5O3S. The molecule has 8 nitrogen and oxygen atoms in total. The summed E-state index contributed by atoms with van der Waals surface area (Å²) in [5, 5.41) is 9.83. The molecule has 0 saturated carbocycles. The van der Waals surface area contributed by atoms with Gasteiger partial charge in [0.05, 0.1) is 12.8 Å². The standard InChI is InChI=1S/C29H25N5O3S/c1-34-24-16-21(9-8-19-10-13-22(36-2)14-11-19)12-15-25(24)37-18-23(29(34)38)30-28(35)27-31-26(32-33-27)17-20-6-4-3-5-7-20/h3-7,10-16,23H,17-18H2,1-2H3,(H,30,35)(H,31,32,33)/t23-/m0/s1. The van der Waals surface area contributed by atoms with Crippen LogP contribution in [0.5, 0.6) is 11.5 Å². The number of aromatic nitrogens is 3. The van der Waals surface area contributed by atoms with E-state index in [1.807, 2.05) is 84.7 Å². The second-order valence-electron chi connectivity index (χ2n) is 8.66. The Morgan fingerprint density at radius 1 is 1.13 bits per heavy atom. The first-order valence-corrected chi connectivity index (χ1v) is 12.4. The molecule has 5 rings (SSSR count). The summed E-state index contributed by atoms with van der Waals surface area (Å²) in [6.07, 6.45) is 0.549. The minimum atomic E-state index is -0.542. The molecule has 1 atom stereocenters. The molecule has 0 unspecified atom stereocenters. The highest BCUT2D eigenvalue weighted by molar-refractivity contribution is 7.80. The number of rotatable bonds is 5. The lowest BCUT2D eigenvalue weighted by molar-refractivity contribution is 0.0927. The van der Waals surface area contributed by atoms with Crippen molar-refractivity contribution in [1.82, 2.24) is 20.5 Å². The molecule has 0 spiro atoms. The number of nitrogens with one attached hydrogen (secondary N) is 2. The zero-order valence-electron chi connectivity index (χ0n) is 20.9. The summed E-state index contributed by atoms with van der Waals surface area (Å²) in [4.78, 5) is 19.6. The molecule has 1 aliphatic rings. The monoisotopic (exact) mass is 523 g/mol. The van der Waals surface area contributed by atoms with Crippen molar-refractivity contribution in [3.05, 3.63) is 101 Å². The van der Waals surface area contributed by atoms with E-state index in [-0.39, 0.29) is 12.4 Å². The molecule has 0 fully saturated rings. The van der Waals surface area contributed by atoms with Gasteiger partial charge in [-0.2, -0.15) is 0 Å². The predicted octanol–water partition coefficient (Wildman–Crippen LogP) is 3.76. The Kier molecular flexibility index (Phi) is 7.33. The molecule has 1 amide bonds. The quantitative estimate of drug-likeness (QED) is 0.304. The number of fused-ring (bicyclic) bond motifs is 1. The van der Waals surface area contributed by atoms with Crippen LogP contribution in [0.3, 0.4) is 0 Å². The lowest BCUT2D eigenvalue weighted by Crippen LogP contribution is -2.48. The number of nitrogens with zero attached hydrogens (tertiary/aromatic N) is 3. The Balaban J connectivity index is 1.27. The number of amides is 1. The molecule has 0 saturated heterocycles. The Morgan fingerprint density at radius 2 is 1.87 bits per heavy atom. The molecule has 38 heavy (non-hydrogen) atoms. The number of H-pyrrole nitrogens is 1. The van der Waals surface area contributed by atoms with Gasteiger partial charge in [0.25, 0.3) is 5.91 Å². The number of carbonyl (C=O) groups excluding carboxylic acids is 1. The van der Waals surface area contributed by atoms with Gasteiger partial charge in [-0.15, -0.1) is 5.10 Å². The van der Waals surface area contributed by atoms with E-state index in [1.165, 1.54) is 0 Å². The van der Waals surface area contributed by atoms with Crippen LogP contribution in [0.4, 0.5) is 5.69 Å². The zero-order valence-corrected chi connectivity index (χ0v) is 21.7. The van der Waals surface area contributed by atoms with Gasteiger partial charge >= 0.3 is 0 Å². The third-order valence-electron chi connectivity index (χ3n) is 6.05. The van der Waals surface area contributed by atoms with Crippen LogP contribution < -0.4 is 19.7 Å². The zero-order chi connectivity index (χ0) is 26.5. The third-order valence-corrected chi connectivity index (χ3v) is 6.61. The van der Waals surface area contributed by atoms with Crippen molar-refractivity contribution >= 4 is 28.8 Å². The fourth-order valence-corrected chi connectivity index (χ4v) is 4.21. The number of hydrogen-bond acceptors (Lipinski definition) is 6. The minimum absolute atomic E-state index is 0.0548. The summed E-state index contributed by atoms with van der Waals surface area (Å²) in [6.45, 7) is 0.181. The Hall–Kier alpha value is -4.68. The van der Waals surface area contributed by atoms with Crippen LogP contribution in [0.2, 0.25) is 0 Å². The van der Waals surface area contributed by atoms with Gasteiger partial charge in [0.1, 0.15) is 35.0 Å². The number of thiocarbonyl (C=S) groups is 1. The SMILES string of the molecule is COc1ccc(C#Cc2ccc3c(c2)N(C)C(=S)[C@@H](NC(=O)c2n[nH]c(Cc4ccccc4)n2)CO3)cc1. The summed E-state index contributed by atoms with van der Waals surface area (Å²) in [7, 11) is 3.48. The first-order valence-electron chi connectivity index (χ1n) is 12.0. The summed E-state index contributed by atoms with van der Waals surface area (Å²) in [5.41, 5.74) is 3.53. The summed E-state index contributed by atoms with van der Waals surface area (Å²) in [5.74, 6) is 8.01.